The highest BCUT2D eigenvalue weighted by Crippen LogP contribution is 2.36. The highest BCUT2D eigenvalue weighted by molar-refractivity contribution is 7.21. The maximum atomic E-state index is 12.2. The zero-order chi connectivity index (χ0) is 20.2. The van der Waals surface area contributed by atoms with E-state index >= 15 is 0 Å². The second kappa shape index (κ2) is 8.32. The number of carbonyl (C=O) groups excluding carboxylic acids is 1. The first-order valence-corrected chi connectivity index (χ1v) is 9.97. The van der Waals surface area contributed by atoms with Gasteiger partial charge in [-0.3, -0.25) is 4.79 Å². The van der Waals surface area contributed by atoms with E-state index in [4.69, 9.17) is 9.47 Å². The van der Waals surface area contributed by atoms with Gasteiger partial charge < -0.3 is 14.8 Å². The predicted molar refractivity (Wildman–Crippen MR) is 117 cm³/mol. The smallest absolute Gasteiger partial charge is 0.262 e. The van der Waals surface area contributed by atoms with Gasteiger partial charge in [0, 0.05) is 11.3 Å². The summed E-state index contributed by atoms with van der Waals surface area (Å²) in [5, 5.41) is 3.73. The summed E-state index contributed by atoms with van der Waals surface area (Å²) in [4.78, 5) is 16.8. The van der Waals surface area contributed by atoms with Crippen LogP contribution in [0.1, 0.15) is 5.56 Å². The summed E-state index contributed by atoms with van der Waals surface area (Å²) in [5.74, 6) is 0.840. The Bertz CT molecular complexity index is 1120. The van der Waals surface area contributed by atoms with Crippen molar-refractivity contribution >= 4 is 33.1 Å². The minimum atomic E-state index is -0.230. The molecule has 0 spiro atoms. The van der Waals surface area contributed by atoms with Gasteiger partial charge in [0.15, 0.2) is 18.1 Å². The number of rotatable bonds is 6. The third-order valence-corrected chi connectivity index (χ3v) is 5.48. The highest BCUT2D eigenvalue weighted by atomic mass is 32.1. The number of ether oxygens (including phenoxy) is 2. The molecule has 29 heavy (non-hydrogen) atoms. The van der Waals surface area contributed by atoms with Crippen molar-refractivity contribution in [3.8, 4) is 22.1 Å². The number of aromatic nitrogens is 1. The number of thiazole rings is 1. The number of hydrogen-bond donors (Lipinski definition) is 1. The zero-order valence-electron chi connectivity index (χ0n) is 16.1. The number of para-hydroxylation sites is 1. The van der Waals surface area contributed by atoms with E-state index in [1.807, 2.05) is 61.5 Å². The van der Waals surface area contributed by atoms with Crippen molar-refractivity contribution in [2.75, 3.05) is 19.0 Å². The summed E-state index contributed by atoms with van der Waals surface area (Å²) in [5.41, 5.74) is 3.79. The van der Waals surface area contributed by atoms with Crippen molar-refractivity contribution in [1.82, 2.24) is 4.98 Å². The monoisotopic (exact) mass is 404 g/mol. The number of fused-ring (bicyclic) bond motifs is 1. The van der Waals surface area contributed by atoms with Crippen molar-refractivity contribution in [3.05, 3.63) is 72.3 Å². The van der Waals surface area contributed by atoms with E-state index in [2.05, 4.69) is 16.4 Å². The molecule has 4 rings (SSSR count). The zero-order valence-corrected chi connectivity index (χ0v) is 17.0. The maximum absolute atomic E-state index is 12.2. The van der Waals surface area contributed by atoms with E-state index in [1.54, 1.807) is 24.5 Å². The Kier molecular flexibility index (Phi) is 5.44. The van der Waals surface area contributed by atoms with Gasteiger partial charge in [-0.25, -0.2) is 4.98 Å². The number of methoxy groups -OCH3 is 1. The molecule has 1 N–H and O–H groups in total. The van der Waals surface area contributed by atoms with E-state index in [1.165, 1.54) is 0 Å². The van der Waals surface area contributed by atoms with Gasteiger partial charge >= 0.3 is 0 Å². The molecular weight excluding hydrogens is 384 g/mol. The number of nitrogens with one attached hydrogen (secondary N) is 1. The van der Waals surface area contributed by atoms with E-state index in [9.17, 15) is 4.79 Å². The Hall–Kier alpha value is -3.38. The van der Waals surface area contributed by atoms with Gasteiger partial charge in [0.05, 0.1) is 17.3 Å². The van der Waals surface area contributed by atoms with E-state index < -0.39 is 0 Å². The Morgan fingerprint density at radius 2 is 1.83 bits per heavy atom. The number of amides is 1. The van der Waals surface area contributed by atoms with Crippen molar-refractivity contribution in [2.24, 2.45) is 0 Å². The summed E-state index contributed by atoms with van der Waals surface area (Å²) in [6.07, 6.45) is 0. The molecule has 1 amide bonds. The molecule has 3 aromatic carbocycles. The maximum Gasteiger partial charge on any atom is 0.262 e. The average Bonchev–Trinajstić information content (AvgIpc) is 3.18. The second-order valence-corrected chi connectivity index (χ2v) is 7.59. The molecule has 1 aromatic heterocycles. The quantitative estimate of drug-likeness (QED) is 0.474. The van der Waals surface area contributed by atoms with Crippen LogP contribution in [0.4, 0.5) is 5.69 Å². The molecule has 0 unspecified atom stereocenters. The highest BCUT2D eigenvalue weighted by Gasteiger charge is 2.12. The molecule has 1 heterocycles. The van der Waals surface area contributed by atoms with Crippen LogP contribution in [0.5, 0.6) is 11.5 Å². The van der Waals surface area contributed by atoms with Gasteiger partial charge in [-0.15, -0.1) is 11.3 Å². The SMILES string of the molecule is COc1cc(-c2nc3ccccc3s2)ccc1OCC(=O)Nc1ccc(C)cc1. The minimum absolute atomic E-state index is 0.106. The Balaban J connectivity index is 1.46. The van der Waals surface area contributed by atoms with Gasteiger partial charge in [-0.2, -0.15) is 0 Å². The van der Waals surface area contributed by atoms with Gasteiger partial charge in [0.1, 0.15) is 5.01 Å². The molecule has 0 atom stereocenters. The summed E-state index contributed by atoms with van der Waals surface area (Å²) >= 11 is 1.62. The molecule has 0 saturated heterocycles. The summed E-state index contributed by atoms with van der Waals surface area (Å²) < 4.78 is 12.3. The van der Waals surface area contributed by atoms with E-state index in [0.29, 0.717) is 11.5 Å². The van der Waals surface area contributed by atoms with E-state index in [-0.39, 0.29) is 12.5 Å². The van der Waals surface area contributed by atoms with Crippen molar-refractivity contribution in [1.29, 1.82) is 0 Å². The van der Waals surface area contributed by atoms with Crippen molar-refractivity contribution in [3.63, 3.8) is 0 Å². The lowest BCUT2D eigenvalue weighted by molar-refractivity contribution is -0.118. The Labute approximate surface area is 172 Å². The lowest BCUT2D eigenvalue weighted by atomic mass is 10.2. The molecule has 0 radical (unpaired) electrons. The fourth-order valence-corrected chi connectivity index (χ4v) is 3.85. The first-order chi connectivity index (χ1) is 14.1. The largest absolute Gasteiger partial charge is 0.493 e. The van der Waals surface area contributed by atoms with Gasteiger partial charge in [-0.05, 0) is 49.4 Å². The molecule has 5 nitrogen and oxygen atoms in total. The lowest BCUT2D eigenvalue weighted by Crippen LogP contribution is -2.20. The van der Waals surface area contributed by atoms with Crippen LogP contribution in [0, 0.1) is 6.92 Å². The number of nitrogens with zero attached hydrogens (tertiary/aromatic N) is 1. The Morgan fingerprint density at radius 3 is 2.59 bits per heavy atom. The number of anilines is 1. The third kappa shape index (κ3) is 4.38. The first-order valence-electron chi connectivity index (χ1n) is 9.16. The molecule has 4 aromatic rings. The third-order valence-electron chi connectivity index (χ3n) is 4.40. The molecular formula is C23H20N2O3S. The van der Waals surface area contributed by atoms with Crippen molar-refractivity contribution < 1.29 is 14.3 Å². The summed E-state index contributed by atoms with van der Waals surface area (Å²) in [6, 6.07) is 21.3. The topological polar surface area (TPSA) is 60.5 Å². The van der Waals surface area contributed by atoms with Crippen LogP contribution >= 0.6 is 11.3 Å². The molecule has 0 aliphatic rings. The van der Waals surface area contributed by atoms with Crippen LogP contribution < -0.4 is 14.8 Å². The summed E-state index contributed by atoms with van der Waals surface area (Å²) in [6.45, 7) is 1.89. The fourth-order valence-electron chi connectivity index (χ4n) is 2.89. The number of benzene rings is 3. The normalized spacial score (nSPS) is 10.7. The van der Waals surface area contributed by atoms with Gasteiger partial charge in [-0.1, -0.05) is 29.8 Å². The minimum Gasteiger partial charge on any atom is -0.493 e. The van der Waals surface area contributed by atoms with Crippen LogP contribution in [0.15, 0.2) is 66.7 Å². The first kappa shape index (κ1) is 19.0. The van der Waals surface area contributed by atoms with Crippen molar-refractivity contribution in [2.45, 2.75) is 6.92 Å². The van der Waals surface area contributed by atoms with Crippen LogP contribution in [0.25, 0.3) is 20.8 Å². The van der Waals surface area contributed by atoms with Crippen LogP contribution in [-0.4, -0.2) is 24.6 Å². The molecule has 0 aliphatic carbocycles. The van der Waals surface area contributed by atoms with Crippen LogP contribution in [-0.2, 0) is 4.79 Å². The Morgan fingerprint density at radius 1 is 1.03 bits per heavy atom. The fraction of sp³-hybridized carbons (Fsp3) is 0.130. The van der Waals surface area contributed by atoms with Crippen LogP contribution in [0.3, 0.4) is 0 Å². The molecule has 6 heteroatoms. The number of hydrogen-bond acceptors (Lipinski definition) is 5. The molecule has 0 bridgehead atoms. The molecule has 146 valence electrons. The molecule has 0 fully saturated rings. The standard InChI is InChI=1S/C23H20N2O3S/c1-15-7-10-17(11-8-15)24-22(26)14-28-19-12-9-16(13-20(19)27-2)23-25-18-5-3-4-6-21(18)29-23/h3-13H,14H2,1-2H3,(H,24,26). The van der Waals surface area contributed by atoms with E-state index in [0.717, 1.165) is 32.0 Å². The van der Waals surface area contributed by atoms with Gasteiger partial charge in [0.2, 0.25) is 0 Å². The summed E-state index contributed by atoms with van der Waals surface area (Å²) in [7, 11) is 1.58. The molecule has 0 saturated carbocycles. The average molecular weight is 404 g/mol. The lowest BCUT2D eigenvalue weighted by Gasteiger charge is -2.12. The predicted octanol–water partition coefficient (Wildman–Crippen LogP) is 5.30. The number of aryl methyl sites for hydroxylation is 1. The number of carbonyl (C=O) groups is 1. The van der Waals surface area contributed by atoms with Gasteiger partial charge in [0.25, 0.3) is 5.91 Å². The van der Waals surface area contributed by atoms with Crippen LogP contribution in [0.2, 0.25) is 0 Å². The molecule has 0 aliphatic heterocycles. The second-order valence-electron chi connectivity index (χ2n) is 6.56.